The summed E-state index contributed by atoms with van der Waals surface area (Å²) in [5, 5.41) is 2.85. The Morgan fingerprint density at radius 3 is 2.75 bits per heavy atom. The van der Waals surface area contributed by atoms with Crippen molar-refractivity contribution in [2.75, 3.05) is 13.7 Å². The SMILES string of the molecule is COc1ccc(S(=O)(=O)NC2CCC(=O)NC2)cc1Cl. The van der Waals surface area contributed by atoms with Gasteiger partial charge in [0.15, 0.2) is 0 Å². The van der Waals surface area contributed by atoms with Gasteiger partial charge in [-0.1, -0.05) is 11.6 Å². The van der Waals surface area contributed by atoms with Gasteiger partial charge in [0, 0.05) is 19.0 Å². The van der Waals surface area contributed by atoms with Crippen LogP contribution < -0.4 is 14.8 Å². The fourth-order valence-corrected chi connectivity index (χ4v) is 3.55. The molecule has 110 valence electrons. The second-order valence-electron chi connectivity index (χ2n) is 4.46. The standard InChI is InChI=1S/C12H15ClN2O4S/c1-19-11-4-3-9(6-10(11)13)20(17,18)15-8-2-5-12(16)14-7-8/h3-4,6,8,15H,2,5,7H2,1H3,(H,14,16). The second-order valence-corrected chi connectivity index (χ2v) is 6.58. The molecule has 0 spiro atoms. The summed E-state index contributed by atoms with van der Waals surface area (Å²) in [6.07, 6.45) is 0.797. The molecule has 1 aromatic rings. The summed E-state index contributed by atoms with van der Waals surface area (Å²) in [6, 6.07) is 3.96. The van der Waals surface area contributed by atoms with E-state index < -0.39 is 10.0 Å². The van der Waals surface area contributed by atoms with Crippen LogP contribution in [0, 0.1) is 0 Å². The summed E-state index contributed by atoms with van der Waals surface area (Å²) >= 11 is 5.92. The number of sulfonamides is 1. The molecule has 20 heavy (non-hydrogen) atoms. The maximum atomic E-state index is 12.2. The molecule has 1 aromatic carbocycles. The van der Waals surface area contributed by atoms with Crippen molar-refractivity contribution in [3.05, 3.63) is 23.2 Å². The van der Waals surface area contributed by atoms with Crippen molar-refractivity contribution in [1.82, 2.24) is 10.0 Å². The number of ether oxygens (including phenoxy) is 1. The molecule has 2 rings (SSSR count). The molecule has 1 aliphatic rings. The zero-order valence-corrected chi connectivity index (χ0v) is 12.4. The van der Waals surface area contributed by atoms with Crippen molar-refractivity contribution in [1.29, 1.82) is 0 Å². The van der Waals surface area contributed by atoms with Crippen LogP contribution in [0.25, 0.3) is 0 Å². The lowest BCUT2D eigenvalue weighted by molar-refractivity contribution is -0.122. The molecule has 1 saturated heterocycles. The van der Waals surface area contributed by atoms with E-state index in [0.29, 0.717) is 25.1 Å². The number of carbonyl (C=O) groups is 1. The van der Waals surface area contributed by atoms with Gasteiger partial charge in [0.25, 0.3) is 0 Å². The first-order valence-electron chi connectivity index (χ1n) is 6.05. The Morgan fingerprint density at radius 1 is 1.45 bits per heavy atom. The minimum atomic E-state index is -3.67. The van der Waals surface area contributed by atoms with Crippen LogP contribution in [0.4, 0.5) is 0 Å². The quantitative estimate of drug-likeness (QED) is 0.864. The molecule has 1 fully saturated rings. The molecule has 0 aromatic heterocycles. The first-order chi connectivity index (χ1) is 9.42. The maximum absolute atomic E-state index is 12.2. The molecule has 1 unspecified atom stereocenters. The number of piperidine rings is 1. The Hall–Kier alpha value is -1.31. The molecule has 2 N–H and O–H groups in total. The van der Waals surface area contributed by atoms with Crippen LogP contribution in [0.2, 0.25) is 5.02 Å². The van der Waals surface area contributed by atoms with Gasteiger partial charge < -0.3 is 10.1 Å². The van der Waals surface area contributed by atoms with Crippen LogP contribution in [0.1, 0.15) is 12.8 Å². The third-order valence-electron chi connectivity index (χ3n) is 3.02. The van der Waals surface area contributed by atoms with Crippen LogP contribution >= 0.6 is 11.6 Å². The van der Waals surface area contributed by atoms with Gasteiger partial charge in [-0.05, 0) is 24.6 Å². The molecule has 1 amide bonds. The number of hydrogen-bond acceptors (Lipinski definition) is 4. The first-order valence-corrected chi connectivity index (χ1v) is 7.91. The predicted octanol–water partition coefficient (Wildman–Crippen LogP) is 0.906. The molecular weight excluding hydrogens is 304 g/mol. The second kappa shape index (κ2) is 5.99. The Bertz CT molecular complexity index is 608. The van der Waals surface area contributed by atoms with Gasteiger partial charge in [-0.3, -0.25) is 4.79 Å². The molecule has 1 aliphatic heterocycles. The van der Waals surface area contributed by atoms with Crippen molar-refractivity contribution in [3.8, 4) is 5.75 Å². The van der Waals surface area contributed by atoms with Gasteiger partial charge in [-0.2, -0.15) is 0 Å². The monoisotopic (exact) mass is 318 g/mol. The van der Waals surface area contributed by atoms with Crippen molar-refractivity contribution in [2.45, 2.75) is 23.8 Å². The van der Waals surface area contributed by atoms with Gasteiger partial charge in [0.1, 0.15) is 5.75 Å². The smallest absolute Gasteiger partial charge is 0.240 e. The van der Waals surface area contributed by atoms with E-state index in [0.717, 1.165) is 0 Å². The zero-order chi connectivity index (χ0) is 14.8. The summed E-state index contributed by atoms with van der Waals surface area (Å²) in [7, 11) is -2.21. The van der Waals surface area contributed by atoms with Gasteiger partial charge >= 0.3 is 0 Å². The minimum absolute atomic E-state index is 0.0621. The largest absolute Gasteiger partial charge is 0.495 e. The van der Waals surface area contributed by atoms with Crippen LogP contribution in [-0.4, -0.2) is 34.0 Å². The van der Waals surface area contributed by atoms with E-state index in [1.807, 2.05) is 0 Å². The summed E-state index contributed by atoms with van der Waals surface area (Å²) in [6.45, 7) is 0.294. The van der Waals surface area contributed by atoms with Crippen molar-refractivity contribution >= 4 is 27.5 Å². The van der Waals surface area contributed by atoms with Gasteiger partial charge in [0.2, 0.25) is 15.9 Å². The lowest BCUT2D eigenvalue weighted by Crippen LogP contribution is -2.47. The number of hydrogen-bond donors (Lipinski definition) is 2. The van der Waals surface area contributed by atoms with Crippen molar-refractivity contribution < 1.29 is 17.9 Å². The van der Waals surface area contributed by atoms with E-state index in [-0.39, 0.29) is 21.9 Å². The third kappa shape index (κ3) is 3.41. The summed E-state index contributed by atoms with van der Waals surface area (Å²) in [5.41, 5.74) is 0. The highest BCUT2D eigenvalue weighted by molar-refractivity contribution is 7.89. The molecule has 0 radical (unpaired) electrons. The number of rotatable bonds is 4. The third-order valence-corrected chi connectivity index (χ3v) is 4.83. The number of carbonyl (C=O) groups excluding carboxylic acids is 1. The average molecular weight is 319 g/mol. The predicted molar refractivity (Wildman–Crippen MR) is 74.4 cm³/mol. The fourth-order valence-electron chi connectivity index (χ4n) is 1.94. The normalized spacial score (nSPS) is 19.5. The molecule has 1 heterocycles. The molecule has 0 bridgehead atoms. The van der Waals surface area contributed by atoms with Crippen LogP contribution in [-0.2, 0) is 14.8 Å². The maximum Gasteiger partial charge on any atom is 0.240 e. The van der Waals surface area contributed by atoms with E-state index in [2.05, 4.69) is 10.0 Å². The number of methoxy groups -OCH3 is 1. The fraction of sp³-hybridized carbons (Fsp3) is 0.417. The highest BCUT2D eigenvalue weighted by Crippen LogP contribution is 2.27. The summed E-state index contributed by atoms with van der Waals surface area (Å²) < 4.78 is 32.0. The Labute approximate surface area is 122 Å². The highest BCUT2D eigenvalue weighted by atomic mass is 35.5. The first kappa shape index (κ1) is 15.1. The van der Waals surface area contributed by atoms with Gasteiger partial charge in [-0.15, -0.1) is 0 Å². The van der Waals surface area contributed by atoms with Crippen LogP contribution in [0.15, 0.2) is 23.1 Å². The molecule has 0 aliphatic carbocycles. The summed E-state index contributed by atoms with van der Waals surface area (Å²) in [4.78, 5) is 11.1. The summed E-state index contributed by atoms with van der Waals surface area (Å²) in [5.74, 6) is 0.350. The number of halogens is 1. The zero-order valence-electron chi connectivity index (χ0n) is 10.8. The van der Waals surface area contributed by atoms with Crippen molar-refractivity contribution in [2.24, 2.45) is 0 Å². The van der Waals surface area contributed by atoms with Gasteiger partial charge in [-0.25, -0.2) is 13.1 Å². The Balaban J connectivity index is 2.14. The van der Waals surface area contributed by atoms with Crippen molar-refractivity contribution in [3.63, 3.8) is 0 Å². The average Bonchev–Trinajstić information content (AvgIpc) is 2.41. The molecule has 1 atom stereocenters. The number of nitrogens with one attached hydrogen (secondary N) is 2. The van der Waals surface area contributed by atoms with E-state index in [1.165, 1.54) is 25.3 Å². The van der Waals surface area contributed by atoms with Gasteiger partial charge in [0.05, 0.1) is 17.0 Å². The molecular formula is C12H15ClN2O4S. The minimum Gasteiger partial charge on any atom is -0.495 e. The molecule has 6 nitrogen and oxygen atoms in total. The topological polar surface area (TPSA) is 84.5 Å². The van der Waals surface area contributed by atoms with Crippen LogP contribution in [0.5, 0.6) is 5.75 Å². The van der Waals surface area contributed by atoms with E-state index in [9.17, 15) is 13.2 Å². The Morgan fingerprint density at radius 2 is 2.20 bits per heavy atom. The Kier molecular flexibility index (Phi) is 4.52. The van der Waals surface area contributed by atoms with E-state index in [1.54, 1.807) is 0 Å². The van der Waals surface area contributed by atoms with E-state index >= 15 is 0 Å². The van der Waals surface area contributed by atoms with E-state index in [4.69, 9.17) is 16.3 Å². The van der Waals surface area contributed by atoms with Crippen LogP contribution in [0.3, 0.4) is 0 Å². The highest BCUT2D eigenvalue weighted by Gasteiger charge is 2.24. The lowest BCUT2D eigenvalue weighted by atomic mass is 10.1. The number of amides is 1. The molecule has 0 saturated carbocycles. The lowest BCUT2D eigenvalue weighted by Gasteiger charge is -2.23. The molecule has 8 heteroatoms. The number of benzene rings is 1.